The molecule has 1 amide bonds. The third kappa shape index (κ3) is 5.16. The maximum absolute atomic E-state index is 14.0. The van der Waals surface area contributed by atoms with E-state index in [0.717, 1.165) is 28.5 Å². The molecule has 0 bridgehead atoms. The molecule has 0 radical (unpaired) electrons. The Morgan fingerprint density at radius 3 is 2.52 bits per heavy atom. The monoisotopic (exact) mass is 359 g/mol. The van der Waals surface area contributed by atoms with Crippen molar-refractivity contribution >= 4 is 23.5 Å². The highest BCUT2D eigenvalue weighted by molar-refractivity contribution is 8.00. The van der Waals surface area contributed by atoms with Gasteiger partial charge in [0.25, 0.3) is 0 Å². The van der Waals surface area contributed by atoms with Crippen molar-refractivity contribution in [1.82, 2.24) is 5.32 Å². The SMILES string of the molecule is CC(=O)c1ccc(SCC(=O)NC(C)c2cc(C)ccc2C)c(F)c1. The molecular weight excluding hydrogens is 337 g/mol. The van der Waals surface area contributed by atoms with Gasteiger partial charge in [-0.2, -0.15) is 0 Å². The lowest BCUT2D eigenvalue weighted by Crippen LogP contribution is -2.28. The molecule has 0 saturated heterocycles. The van der Waals surface area contributed by atoms with Crippen molar-refractivity contribution in [2.24, 2.45) is 0 Å². The van der Waals surface area contributed by atoms with E-state index < -0.39 is 5.82 Å². The second kappa shape index (κ2) is 8.30. The largest absolute Gasteiger partial charge is 0.349 e. The Kier molecular flexibility index (Phi) is 6.37. The van der Waals surface area contributed by atoms with Crippen molar-refractivity contribution in [1.29, 1.82) is 0 Å². The smallest absolute Gasteiger partial charge is 0.230 e. The zero-order valence-electron chi connectivity index (χ0n) is 14.9. The number of benzene rings is 2. The third-order valence-electron chi connectivity index (χ3n) is 3.98. The second-order valence-electron chi connectivity index (χ2n) is 6.14. The van der Waals surface area contributed by atoms with Gasteiger partial charge in [-0.05, 0) is 51.0 Å². The van der Waals surface area contributed by atoms with E-state index in [4.69, 9.17) is 0 Å². The van der Waals surface area contributed by atoms with E-state index in [2.05, 4.69) is 11.4 Å². The number of hydrogen-bond acceptors (Lipinski definition) is 3. The minimum atomic E-state index is -0.479. The van der Waals surface area contributed by atoms with Crippen molar-refractivity contribution in [2.45, 2.75) is 38.6 Å². The van der Waals surface area contributed by atoms with Gasteiger partial charge < -0.3 is 5.32 Å². The molecule has 1 N–H and O–H groups in total. The molecule has 2 rings (SSSR count). The molecule has 0 aliphatic rings. The molecule has 0 fully saturated rings. The average molecular weight is 359 g/mol. The zero-order chi connectivity index (χ0) is 18.6. The number of thioether (sulfide) groups is 1. The maximum atomic E-state index is 14.0. The summed E-state index contributed by atoms with van der Waals surface area (Å²) >= 11 is 1.12. The molecule has 2 aromatic rings. The van der Waals surface area contributed by atoms with Crippen LogP contribution in [-0.4, -0.2) is 17.4 Å². The quantitative estimate of drug-likeness (QED) is 0.605. The van der Waals surface area contributed by atoms with Gasteiger partial charge >= 0.3 is 0 Å². The summed E-state index contributed by atoms with van der Waals surface area (Å²) in [6.45, 7) is 7.36. The molecule has 132 valence electrons. The third-order valence-corrected chi connectivity index (χ3v) is 5.02. The van der Waals surface area contributed by atoms with Gasteiger partial charge in [0.15, 0.2) is 5.78 Å². The number of rotatable bonds is 6. The highest BCUT2D eigenvalue weighted by Gasteiger charge is 2.14. The molecular formula is C20H22FNO2S. The molecule has 1 unspecified atom stereocenters. The number of hydrogen-bond donors (Lipinski definition) is 1. The van der Waals surface area contributed by atoms with Crippen molar-refractivity contribution in [3.63, 3.8) is 0 Å². The van der Waals surface area contributed by atoms with Crippen LogP contribution in [0.3, 0.4) is 0 Å². The van der Waals surface area contributed by atoms with Crippen molar-refractivity contribution < 1.29 is 14.0 Å². The molecule has 0 saturated carbocycles. The number of ketones is 1. The normalized spacial score (nSPS) is 11.9. The van der Waals surface area contributed by atoms with E-state index in [9.17, 15) is 14.0 Å². The molecule has 0 aliphatic carbocycles. The summed E-state index contributed by atoms with van der Waals surface area (Å²) < 4.78 is 14.0. The Bertz CT molecular complexity index is 804. The topological polar surface area (TPSA) is 46.2 Å². The molecule has 0 aliphatic heterocycles. The van der Waals surface area contributed by atoms with Crippen LogP contribution < -0.4 is 5.32 Å². The molecule has 2 aromatic carbocycles. The second-order valence-corrected chi connectivity index (χ2v) is 7.16. The van der Waals surface area contributed by atoms with E-state index in [-0.39, 0.29) is 23.5 Å². The van der Waals surface area contributed by atoms with Gasteiger partial charge in [0.2, 0.25) is 5.91 Å². The predicted molar refractivity (Wildman–Crippen MR) is 99.6 cm³/mol. The van der Waals surface area contributed by atoms with E-state index in [0.29, 0.717) is 10.5 Å². The fourth-order valence-corrected chi connectivity index (χ4v) is 3.30. The lowest BCUT2D eigenvalue weighted by molar-refractivity contribution is -0.119. The number of carbonyl (C=O) groups is 2. The van der Waals surface area contributed by atoms with Gasteiger partial charge in [-0.25, -0.2) is 4.39 Å². The highest BCUT2D eigenvalue weighted by atomic mass is 32.2. The van der Waals surface area contributed by atoms with Gasteiger partial charge in [-0.1, -0.05) is 29.8 Å². The lowest BCUT2D eigenvalue weighted by atomic mass is 10.00. The van der Waals surface area contributed by atoms with Gasteiger partial charge in [0.05, 0.1) is 11.8 Å². The van der Waals surface area contributed by atoms with Gasteiger partial charge in [-0.3, -0.25) is 9.59 Å². The molecule has 0 aromatic heterocycles. The number of carbonyl (C=O) groups excluding carboxylic acids is 2. The van der Waals surface area contributed by atoms with Gasteiger partial charge in [0.1, 0.15) is 5.82 Å². The van der Waals surface area contributed by atoms with Crippen molar-refractivity contribution in [2.75, 3.05) is 5.75 Å². The summed E-state index contributed by atoms with van der Waals surface area (Å²) in [4.78, 5) is 23.8. The minimum Gasteiger partial charge on any atom is -0.349 e. The Labute approximate surface area is 152 Å². The molecule has 0 heterocycles. The van der Waals surface area contributed by atoms with Gasteiger partial charge in [-0.15, -0.1) is 11.8 Å². The van der Waals surface area contributed by atoms with E-state index >= 15 is 0 Å². The average Bonchev–Trinajstić information content (AvgIpc) is 2.55. The summed E-state index contributed by atoms with van der Waals surface area (Å²) in [5.74, 6) is -0.706. The standard InChI is InChI=1S/C20H22FNO2S/c1-12-5-6-13(2)17(9-12)14(3)22-20(24)11-25-19-8-7-16(15(4)23)10-18(19)21/h5-10,14H,11H2,1-4H3,(H,22,24). The lowest BCUT2D eigenvalue weighted by Gasteiger charge is -2.17. The fraction of sp³-hybridized carbons (Fsp3) is 0.300. The van der Waals surface area contributed by atoms with Crippen LogP contribution in [0, 0.1) is 19.7 Å². The Morgan fingerprint density at radius 2 is 1.88 bits per heavy atom. The molecule has 5 heteroatoms. The molecule has 3 nitrogen and oxygen atoms in total. The zero-order valence-corrected chi connectivity index (χ0v) is 15.7. The first-order valence-corrected chi connectivity index (χ1v) is 9.06. The summed E-state index contributed by atoms with van der Waals surface area (Å²) in [5.41, 5.74) is 3.67. The number of amides is 1. The Morgan fingerprint density at radius 1 is 1.16 bits per heavy atom. The maximum Gasteiger partial charge on any atom is 0.230 e. The first kappa shape index (κ1) is 19.2. The highest BCUT2D eigenvalue weighted by Crippen LogP contribution is 2.24. The van der Waals surface area contributed by atoms with Crippen LogP contribution in [0.5, 0.6) is 0 Å². The first-order chi connectivity index (χ1) is 11.8. The summed E-state index contributed by atoms with van der Waals surface area (Å²) in [5, 5.41) is 2.95. The predicted octanol–water partition coefficient (Wildman–Crippen LogP) is 4.61. The summed E-state index contributed by atoms with van der Waals surface area (Å²) in [7, 11) is 0. The first-order valence-electron chi connectivity index (χ1n) is 8.07. The Balaban J connectivity index is 1.96. The number of halogens is 1. The van der Waals surface area contributed by atoms with E-state index in [1.165, 1.54) is 19.1 Å². The summed E-state index contributed by atoms with van der Waals surface area (Å²) in [6.07, 6.45) is 0. The van der Waals surface area contributed by atoms with E-state index in [1.807, 2.05) is 32.9 Å². The van der Waals surface area contributed by atoms with Crippen molar-refractivity contribution in [3.8, 4) is 0 Å². The van der Waals surface area contributed by atoms with Crippen LogP contribution in [0.25, 0.3) is 0 Å². The summed E-state index contributed by atoms with van der Waals surface area (Å²) in [6, 6.07) is 10.3. The van der Waals surface area contributed by atoms with E-state index in [1.54, 1.807) is 6.07 Å². The van der Waals surface area contributed by atoms with Crippen LogP contribution in [0.1, 0.15) is 46.9 Å². The van der Waals surface area contributed by atoms with Crippen molar-refractivity contribution in [3.05, 3.63) is 64.5 Å². The van der Waals surface area contributed by atoms with Crippen LogP contribution in [-0.2, 0) is 4.79 Å². The Hall–Kier alpha value is -2.14. The number of nitrogens with one attached hydrogen (secondary N) is 1. The fourth-order valence-electron chi connectivity index (χ4n) is 2.57. The number of aryl methyl sites for hydroxylation is 2. The van der Waals surface area contributed by atoms with Gasteiger partial charge in [0, 0.05) is 10.5 Å². The molecule has 25 heavy (non-hydrogen) atoms. The van der Waals surface area contributed by atoms with Crippen LogP contribution in [0.2, 0.25) is 0 Å². The minimum absolute atomic E-state index is 0.113. The molecule has 1 atom stereocenters. The van der Waals surface area contributed by atoms with Crippen LogP contribution >= 0.6 is 11.8 Å². The van der Waals surface area contributed by atoms with Crippen LogP contribution in [0.4, 0.5) is 4.39 Å². The van der Waals surface area contributed by atoms with Crippen LogP contribution in [0.15, 0.2) is 41.3 Å². The molecule has 0 spiro atoms. The number of Topliss-reactive ketones (excluding diaryl/α,β-unsaturated/α-hetero) is 1.